The number of nitrogens with zero attached hydrogens (tertiary/aromatic N) is 4. The standard InChI is InChI=1S/C28H32F3N5O.2C2HF3O2/c1-37-23-8-2-19(3-9-23)17-36-15-12-24-26(33-18-34-27(24)36)35-13-10-21(11-14-35)25(16-32)20-4-6-22(7-5-20)28(29,30)31;2*3-2(4,5)1(6)7/h2-9,18,21,25H,10-17,32H2,1H3;2*(H,6,7). The van der Waals surface area contributed by atoms with Gasteiger partial charge in [-0.3, -0.25) is 0 Å². The number of aromatic nitrogens is 2. The maximum Gasteiger partial charge on any atom is 0.490 e. The van der Waals surface area contributed by atoms with Crippen molar-refractivity contribution in [1.29, 1.82) is 0 Å². The minimum absolute atomic E-state index is 0.0422. The van der Waals surface area contributed by atoms with Crippen LogP contribution in [0.5, 0.6) is 5.75 Å². The van der Waals surface area contributed by atoms with Crippen LogP contribution in [0.1, 0.15) is 41.0 Å². The third-order valence-corrected chi connectivity index (χ3v) is 8.18. The Bertz CT molecular complexity index is 1570. The van der Waals surface area contributed by atoms with Crippen molar-refractivity contribution in [3.8, 4) is 5.75 Å². The van der Waals surface area contributed by atoms with E-state index in [1.54, 1.807) is 25.6 Å². The number of halogens is 9. The number of alkyl halides is 9. The molecule has 0 radical (unpaired) electrons. The van der Waals surface area contributed by atoms with Gasteiger partial charge in [-0.05, 0) is 73.0 Å². The number of benzene rings is 2. The molecule has 1 aromatic heterocycles. The zero-order valence-corrected chi connectivity index (χ0v) is 26.9. The summed E-state index contributed by atoms with van der Waals surface area (Å²) in [7, 11) is 1.66. The molecule has 280 valence electrons. The van der Waals surface area contributed by atoms with Crippen LogP contribution in [-0.4, -0.2) is 77.8 Å². The molecule has 3 aromatic rings. The highest BCUT2D eigenvalue weighted by atomic mass is 19.4. The fourth-order valence-corrected chi connectivity index (χ4v) is 5.65. The van der Waals surface area contributed by atoms with Gasteiger partial charge in [0.1, 0.15) is 23.7 Å². The third-order valence-electron chi connectivity index (χ3n) is 8.18. The van der Waals surface area contributed by atoms with Gasteiger partial charge in [-0.25, -0.2) is 19.6 Å². The van der Waals surface area contributed by atoms with Gasteiger partial charge >= 0.3 is 30.5 Å². The van der Waals surface area contributed by atoms with Gasteiger partial charge in [-0.2, -0.15) is 39.5 Å². The van der Waals surface area contributed by atoms with Gasteiger partial charge in [-0.1, -0.05) is 24.3 Å². The molecule has 19 heteroatoms. The van der Waals surface area contributed by atoms with Crippen LogP contribution in [0.4, 0.5) is 51.1 Å². The largest absolute Gasteiger partial charge is 0.497 e. The monoisotopic (exact) mass is 739 g/mol. The molecule has 2 aliphatic heterocycles. The number of methoxy groups -OCH3 is 1. The van der Waals surface area contributed by atoms with E-state index in [0.717, 1.165) is 80.5 Å². The molecule has 1 unspecified atom stereocenters. The number of fused-ring (bicyclic) bond motifs is 1. The average Bonchev–Trinajstić information content (AvgIpc) is 3.48. The number of carboxylic acids is 2. The smallest absolute Gasteiger partial charge is 0.490 e. The van der Waals surface area contributed by atoms with Gasteiger partial charge in [0.2, 0.25) is 0 Å². The van der Waals surface area contributed by atoms with E-state index < -0.39 is 36.0 Å². The van der Waals surface area contributed by atoms with E-state index >= 15 is 0 Å². The second-order valence-electron chi connectivity index (χ2n) is 11.4. The van der Waals surface area contributed by atoms with Crippen molar-refractivity contribution in [2.75, 3.05) is 43.1 Å². The van der Waals surface area contributed by atoms with E-state index in [1.165, 1.54) is 11.1 Å². The van der Waals surface area contributed by atoms with E-state index in [-0.39, 0.29) is 5.92 Å². The van der Waals surface area contributed by atoms with Crippen LogP contribution in [-0.2, 0) is 28.7 Å². The predicted molar refractivity (Wildman–Crippen MR) is 165 cm³/mol. The van der Waals surface area contributed by atoms with Crippen molar-refractivity contribution in [3.05, 3.63) is 77.1 Å². The number of carbonyl (C=O) groups is 2. The quantitative estimate of drug-likeness (QED) is 0.237. The summed E-state index contributed by atoms with van der Waals surface area (Å²) in [4.78, 5) is 31.7. The lowest BCUT2D eigenvalue weighted by atomic mass is 9.80. The number of nitrogens with two attached hydrogens (primary N) is 1. The minimum atomic E-state index is -5.08. The molecule has 5 rings (SSSR count). The summed E-state index contributed by atoms with van der Waals surface area (Å²) < 4.78 is 108. The number of piperidine rings is 1. The molecular weight excluding hydrogens is 705 g/mol. The first kappa shape index (κ1) is 40.6. The van der Waals surface area contributed by atoms with E-state index in [4.69, 9.17) is 30.3 Å². The number of hydrogen-bond acceptors (Lipinski definition) is 8. The fourth-order valence-electron chi connectivity index (χ4n) is 5.65. The number of anilines is 2. The summed E-state index contributed by atoms with van der Waals surface area (Å²) in [5.74, 6) is -2.32. The Kier molecular flexibility index (Phi) is 13.5. The molecule has 0 aliphatic carbocycles. The summed E-state index contributed by atoms with van der Waals surface area (Å²) in [5.41, 5.74) is 8.75. The van der Waals surface area contributed by atoms with Crippen molar-refractivity contribution >= 4 is 23.6 Å². The fraction of sp³-hybridized carbons (Fsp3) is 0.438. The van der Waals surface area contributed by atoms with Crippen LogP contribution >= 0.6 is 0 Å². The highest BCUT2D eigenvalue weighted by Gasteiger charge is 2.39. The zero-order valence-electron chi connectivity index (χ0n) is 26.9. The Labute approximate surface area is 285 Å². The van der Waals surface area contributed by atoms with Crippen molar-refractivity contribution in [3.63, 3.8) is 0 Å². The Balaban J connectivity index is 0.000000424. The van der Waals surface area contributed by atoms with Crippen LogP contribution in [0, 0.1) is 5.92 Å². The molecule has 1 saturated heterocycles. The van der Waals surface area contributed by atoms with Gasteiger partial charge < -0.3 is 30.5 Å². The molecule has 51 heavy (non-hydrogen) atoms. The Morgan fingerprint density at radius 1 is 0.843 bits per heavy atom. The molecule has 1 atom stereocenters. The van der Waals surface area contributed by atoms with Crippen molar-refractivity contribution in [1.82, 2.24) is 9.97 Å². The predicted octanol–water partition coefficient (Wildman–Crippen LogP) is 6.29. The Morgan fingerprint density at radius 3 is 1.80 bits per heavy atom. The Morgan fingerprint density at radius 2 is 1.35 bits per heavy atom. The number of ether oxygens (including phenoxy) is 1. The SMILES string of the molecule is COc1ccc(CN2CCc3c(N4CCC(C(CN)c5ccc(C(F)(F)F)cc5)CC4)ncnc32)cc1.O=C(O)C(F)(F)F.O=C(O)C(F)(F)F. The van der Waals surface area contributed by atoms with Crippen molar-refractivity contribution < 1.29 is 64.1 Å². The van der Waals surface area contributed by atoms with Crippen LogP contribution < -0.4 is 20.3 Å². The van der Waals surface area contributed by atoms with Gasteiger partial charge in [0.25, 0.3) is 0 Å². The lowest BCUT2D eigenvalue weighted by Crippen LogP contribution is -2.38. The number of aliphatic carboxylic acids is 2. The lowest BCUT2D eigenvalue weighted by molar-refractivity contribution is -0.193. The van der Waals surface area contributed by atoms with E-state index in [9.17, 15) is 39.5 Å². The molecule has 4 N–H and O–H groups in total. The van der Waals surface area contributed by atoms with Gasteiger partial charge in [0, 0.05) is 31.7 Å². The van der Waals surface area contributed by atoms with Gasteiger partial charge in [0.15, 0.2) is 0 Å². The highest BCUT2D eigenvalue weighted by molar-refractivity contribution is 5.73. The van der Waals surface area contributed by atoms with E-state index in [1.807, 2.05) is 12.1 Å². The van der Waals surface area contributed by atoms with Crippen LogP contribution in [0.25, 0.3) is 0 Å². The summed E-state index contributed by atoms with van der Waals surface area (Å²) >= 11 is 0. The van der Waals surface area contributed by atoms with E-state index in [0.29, 0.717) is 12.5 Å². The maximum absolute atomic E-state index is 13.0. The first-order valence-electron chi connectivity index (χ1n) is 15.2. The number of hydrogen-bond donors (Lipinski definition) is 3. The molecular formula is C32H34F9N5O5. The number of rotatable bonds is 7. The van der Waals surface area contributed by atoms with Gasteiger partial charge in [-0.15, -0.1) is 0 Å². The lowest BCUT2D eigenvalue weighted by Gasteiger charge is -2.37. The second kappa shape index (κ2) is 16.9. The molecule has 0 saturated carbocycles. The Hall–Kier alpha value is -4.81. The number of carboxylic acid groups (broad SMARTS) is 2. The van der Waals surface area contributed by atoms with Crippen molar-refractivity contribution in [2.45, 2.75) is 50.3 Å². The molecule has 0 spiro atoms. The van der Waals surface area contributed by atoms with E-state index in [2.05, 4.69) is 31.9 Å². The summed E-state index contributed by atoms with van der Waals surface area (Å²) in [6, 6.07) is 13.6. The van der Waals surface area contributed by atoms with Crippen LogP contribution in [0.3, 0.4) is 0 Å². The highest BCUT2D eigenvalue weighted by Crippen LogP contribution is 2.38. The molecule has 0 bridgehead atoms. The molecule has 3 heterocycles. The van der Waals surface area contributed by atoms with Crippen molar-refractivity contribution in [2.24, 2.45) is 11.7 Å². The average molecular weight is 740 g/mol. The first-order chi connectivity index (χ1) is 23.8. The second-order valence-corrected chi connectivity index (χ2v) is 11.4. The topological polar surface area (TPSA) is 142 Å². The first-order valence-corrected chi connectivity index (χ1v) is 15.2. The normalized spacial score (nSPS) is 15.5. The summed E-state index contributed by atoms with van der Waals surface area (Å²) in [6.45, 7) is 3.76. The molecule has 0 amide bonds. The molecule has 10 nitrogen and oxygen atoms in total. The zero-order chi connectivity index (χ0) is 38.1. The van der Waals surface area contributed by atoms with Gasteiger partial charge in [0.05, 0.1) is 12.7 Å². The van der Waals surface area contributed by atoms with Crippen LogP contribution in [0.2, 0.25) is 0 Å². The molecule has 2 aromatic carbocycles. The molecule has 1 fully saturated rings. The maximum atomic E-state index is 13.0. The summed E-state index contributed by atoms with van der Waals surface area (Å²) in [5, 5.41) is 14.2. The minimum Gasteiger partial charge on any atom is -0.497 e. The van der Waals surface area contributed by atoms with Crippen LogP contribution in [0.15, 0.2) is 54.9 Å². The molecule has 2 aliphatic rings. The third kappa shape index (κ3) is 11.3. The summed E-state index contributed by atoms with van der Waals surface area (Å²) in [6.07, 6.45) is -10.1.